The number of methoxy groups -OCH3 is 1. The molecule has 0 spiro atoms. The number of rotatable bonds is 7. The second kappa shape index (κ2) is 9.01. The van der Waals surface area contributed by atoms with Crippen LogP contribution in [0.15, 0.2) is 47.4 Å². The Morgan fingerprint density at radius 3 is 2.89 bits per heavy atom. The predicted octanol–water partition coefficient (Wildman–Crippen LogP) is 3.23. The Morgan fingerprint density at radius 2 is 2.11 bits per heavy atom. The van der Waals surface area contributed by atoms with E-state index >= 15 is 0 Å². The third-order valence-electron chi connectivity index (χ3n) is 4.26. The first kappa shape index (κ1) is 19.4. The Bertz CT molecular complexity index is 844. The number of nitrogens with one attached hydrogen (secondary N) is 1. The van der Waals surface area contributed by atoms with Crippen LogP contribution < -0.4 is 10.2 Å². The molecule has 27 heavy (non-hydrogen) atoms. The Labute approximate surface area is 161 Å². The van der Waals surface area contributed by atoms with Gasteiger partial charge in [-0.1, -0.05) is 18.2 Å². The number of amides is 2. The second-order valence-corrected chi connectivity index (χ2v) is 7.16. The highest BCUT2D eigenvalue weighted by Gasteiger charge is 2.26. The molecule has 1 N–H and O–H groups in total. The number of anilines is 1. The summed E-state index contributed by atoms with van der Waals surface area (Å²) in [5.74, 6) is -0.363. The molecule has 3 rings (SSSR count). The van der Waals surface area contributed by atoms with Gasteiger partial charge in [0, 0.05) is 36.3 Å². The molecule has 0 aliphatic carbocycles. The van der Waals surface area contributed by atoms with Gasteiger partial charge in [-0.3, -0.25) is 9.59 Å². The van der Waals surface area contributed by atoms with Crippen LogP contribution >= 0.6 is 11.8 Å². The lowest BCUT2D eigenvalue weighted by atomic mass is 10.1. The first-order chi connectivity index (χ1) is 13.1. The fourth-order valence-electron chi connectivity index (χ4n) is 2.83. The molecule has 1 aliphatic rings. The van der Waals surface area contributed by atoms with Crippen LogP contribution in [-0.4, -0.2) is 37.8 Å². The summed E-state index contributed by atoms with van der Waals surface area (Å²) in [6.45, 7) is 1.22. The van der Waals surface area contributed by atoms with Crippen molar-refractivity contribution in [2.45, 2.75) is 17.9 Å². The quantitative estimate of drug-likeness (QED) is 0.740. The fourth-order valence-corrected chi connectivity index (χ4v) is 3.75. The number of ether oxygens (including phenoxy) is 1. The molecule has 0 atom stereocenters. The highest BCUT2D eigenvalue weighted by molar-refractivity contribution is 8.00. The van der Waals surface area contributed by atoms with E-state index in [2.05, 4.69) is 5.32 Å². The van der Waals surface area contributed by atoms with E-state index in [-0.39, 0.29) is 24.2 Å². The zero-order valence-corrected chi connectivity index (χ0v) is 15.9. The number of thioether (sulfide) groups is 1. The standard InChI is InChI=1S/C20H21FN2O3S/c1-26-10-4-9-22-20(25)14-7-8-18-17(11-14)23(19(24)13-27-18)12-15-5-2-3-6-16(15)21/h2-3,5-8,11H,4,9-10,12-13H2,1H3,(H,22,25). The van der Waals surface area contributed by atoms with E-state index in [1.54, 1.807) is 42.3 Å². The summed E-state index contributed by atoms with van der Waals surface area (Å²) < 4.78 is 19.0. The molecule has 0 unspecified atom stereocenters. The van der Waals surface area contributed by atoms with Crippen molar-refractivity contribution < 1.29 is 18.7 Å². The van der Waals surface area contributed by atoms with Crippen LogP contribution in [0.4, 0.5) is 10.1 Å². The van der Waals surface area contributed by atoms with Gasteiger partial charge in [-0.15, -0.1) is 11.8 Å². The maximum Gasteiger partial charge on any atom is 0.251 e. The zero-order chi connectivity index (χ0) is 19.2. The Hall–Kier alpha value is -2.38. The van der Waals surface area contributed by atoms with Gasteiger partial charge in [-0.2, -0.15) is 0 Å². The van der Waals surface area contributed by atoms with Gasteiger partial charge in [0.05, 0.1) is 18.0 Å². The number of hydrogen-bond donors (Lipinski definition) is 1. The van der Waals surface area contributed by atoms with E-state index in [0.717, 1.165) is 11.3 Å². The minimum atomic E-state index is -0.350. The maximum absolute atomic E-state index is 14.0. The highest BCUT2D eigenvalue weighted by Crippen LogP contribution is 2.37. The lowest BCUT2D eigenvalue weighted by Crippen LogP contribution is -2.35. The predicted molar refractivity (Wildman–Crippen MR) is 104 cm³/mol. The number of halogens is 1. The third kappa shape index (κ3) is 4.67. The van der Waals surface area contributed by atoms with Crippen LogP contribution in [0, 0.1) is 5.82 Å². The van der Waals surface area contributed by atoms with Gasteiger partial charge in [0.15, 0.2) is 0 Å². The molecule has 0 radical (unpaired) electrons. The molecule has 0 saturated carbocycles. The smallest absolute Gasteiger partial charge is 0.251 e. The van der Waals surface area contributed by atoms with Crippen molar-refractivity contribution in [3.63, 3.8) is 0 Å². The van der Waals surface area contributed by atoms with Gasteiger partial charge in [0.25, 0.3) is 5.91 Å². The molecule has 2 amide bonds. The summed E-state index contributed by atoms with van der Waals surface area (Å²) in [5.41, 5.74) is 1.56. The maximum atomic E-state index is 14.0. The van der Waals surface area contributed by atoms with Gasteiger partial charge in [-0.25, -0.2) is 4.39 Å². The van der Waals surface area contributed by atoms with Crippen LogP contribution in [0.1, 0.15) is 22.3 Å². The summed E-state index contributed by atoms with van der Waals surface area (Å²) in [6, 6.07) is 11.7. The van der Waals surface area contributed by atoms with Crippen LogP contribution in [0.25, 0.3) is 0 Å². The normalized spacial score (nSPS) is 13.4. The number of benzene rings is 2. The molecule has 2 aromatic carbocycles. The van der Waals surface area contributed by atoms with Crippen LogP contribution in [-0.2, 0) is 16.1 Å². The molecule has 2 aromatic rings. The number of nitrogens with zero attached hydrogens (tertiary/aromatic N) is 1. The van der Waals surface area contributed by atoms with E-state index in [4.69, 9.17) is 4.74 Å². The van der Waals surface area contributed by atoms with Gasteiger partial charge < -0.3 is 15.0 Å². The van der Waals surface area contributed by atoms with Crippen LogP contribution in [0.3, 0.4) is 0 Å². The Kier molecular flexibility index (Phi) is 6.47. The monoisotopic (exact) mass is 388 g/mol. The van der Waals surface area contributed by atoms with Gasteiger partial charge in [0.1, 0.15) is 5.82 Å². The molecule has 1 heterocycles. The van der Waals surface area contributed by atoms with Crippen molar-refractivity contribution in [1.29, 1.82) is 0 Å². The SMILES string of the molecule is COCCCNC(=O)c1ccc2c(c1)N(Cc1ccccc1F)C(=O)CS2. The second-order valence-electron chi connectivity index (χ2n) is 6.14. The molecule has 1 aliphatic heterocycles. The topological polar surface area (TPSA) is 58.6 Å². The Morgan fingerprint density at radius 1 is 1.30 bits per heavy atom. The average Bonchev–Trinajstić information content (AvgIpc) is 2.68. The first-order valence-electron chi connectivity index (χ1n) is 8.68. The number of carbonyl (C=O) groups excluding carboxylic acids is 2. The van der Waals surface area contributed by atoms with Crippen molar-refractivity contribution >= 4 is 29.3 Å². The van der Waals surface area contributed by atoms with Crippen molar-refractivity contribution in [3.05, 3.63) is 59.4 Å². The minimum absolute atomic E-state index is 0.103. The molecule has 142 valence electrons. The summed E-state index contributed by atoms with van der Waals surface area (Å²) in [5, 5.41) is 2.84. The van der Waals surface area contributed by atoms with Crippen molar-refractivity contribution in [3.8, 4) is 0 Å². The lowest BCUT2D eigenvalue weighted by molar-refractivity contribution is -0.116. The molecular weight excluding hydrogens is 367 g/mol. The van der Waals surface area contributed by atoms with Crippen molar-refractivity contribution in [1.82, 2.24) is 5.32 Å². The van der Waals surface area contributed by atoms with Gasteiger partial charge >= 0.3 is 0 Å². The first-order valence-corrected chi connectivity index (χ1v) is 9.66. The van der Waals surface area contributed by atoms with Crippen molar-refractivity contribution in [2.24, 2.45) is 0 Å². The molecule has 7 heteroatoms. The van der Waals surface area contributed by atoms with E-state index in [9.17, 15) is 14.0 Å². The lowest BCUT2D eigenvalue weighted by Gasteiger charge is -2.29. The summed E-state index contributed by atoms with van der Waals surface area (Å²) in [7, 11) is 1.62. The Balaban J connectivity index is 1.81. The highest BCUT2D eigenvalue weighted by atomic mass is 32.2. The van der Waals surface area contributed by atoms with Gasteiger partial charge in [-0.05, 0) is 30.7 Å². The fraction of sp³-hybridized carbons (Fsp3) is 0.300. The summed E-state index contributed by atoms with van der Waals surface area (Å²) in [6.07, 6.45) is 0.723. The van der Waals surface area contributed by atoms with E-state index in [1.807, 2.05) is 6.07 Å². The summed E-state index contributed by atoms with van der Waals surface area (Å²) in [4.78, 5) is 27.3. The van der Waals surface area contributed by atoms with Gasteiger partial charge in [0.2, 0.25) is 5.91 Å². The molecular formula is C20H21FN2O3S. The average molecular weight is 388 g/mol. The third-order valence-corrected chi connectivity index (χ3v) is 5.31. The number of fused-ring (bicyclic) bond motifs is 1. The molecule has 0 aromatic heterocycles. The van der Waals surface area contributed by atoms with Crippen LogP contribution in [0.5, 0.6) is 0 Å². The minimum Gasteiger partial charge on any atom is -0.385 e. The molecule has 0 saturated heterocycles. The number of carbonyl (C=O) groups is 2. The zero-order valence-electron chi connectivity index (χ0n) is 15.0. The summed E-state index contributed by atoms with van der Waals surface area (Å²) >= 11 is 1.43. The molecule has 0 bridgehead atoms. The van der Waals surface area contributed by atoms with E-state index in [0.29, 0.717) is 35.7 Å². The van der Waals surface area contributed by atoms with E-state index in [1.165, 1.54) is 17.8 Å². The molecule has 5 nitrogen and oxygen atoms in total. The number of hydrogen-bond acceptors (Lipinski definition) is 4. The van der Waals surface area contributed by atoms with Crippen molar-refractivity contribution in [2.75, 3.05) is 30.9 Å². The molecule has 0 fully saturated rings. The van der Waals surface area contributed by atoms with Crippen LogP contribution in [0.2, 0.25) is 0 Å². The van der Waals surface area contributed by atoms with E-state index < -0.39 is 0 Å². The largest absolute Gasteiger partial charge is 0.385 e.